The molecule has 0 aliphatic carbocycles. The van der Waals surface area contributed by atoms with E-state index in [0.29, 0.717) is 6.17 Å². The number of unbranched alkanes of at least 4 members (excludes halogenated alkanes) is 15. The summed E-state index contributed by atoms with van der Waals surface area (Å²) in [6, 6.07) is 0. The summed E-state index contributed by atoms with van der Waals surface area (Å²) in [5, 5.41) is 0. The molecule has 27 heavy (non-hydrogen) atoms. The molecule has 0 N–H and O–H groups in total. The molecule has 0 amide bonds. The van der Waals surface area contributed by atoms with Gasteiger partial charge < -0.3 is 9.80 Å². The van der Waals surface area contributed by atoms with E-state index in [4.69, 9.17) is 0 Å². The Morgan fingerprint density at radius 2 is 1.00 bits per heavy atom. The number of hydrogen-bond donors (Lipinski definition) is 0. The summed E-state index contributed by atoms with van der Waals surface area (Å²) in [6.07, 6.45) is 30.8. The van der Waals surface area contributed by atoms with Crippen LogP contribution in [0.1, 0.15) is 129 Å². The van der Waals surface area contributed by atoms with Crippen molar-refractivity contribution in [1.82, 2.24) is 9.80 Å². The topological polar surface area (TPSA) is 6.48 Å². The van der Waals surface area contributed by atoms with E-state index in [9.17, 15) is 0 Å². The largest absolute Gasteiger partial charge is 0.359 e. The SMILES string of the molecule is CCCCCCCCCCCCCCCCN1C=CN(C)C1CCCCC. The van der Waals surface area contributed by atoms with Gasteiger partial charge in [0, 0.05) is 26.0 Å². The van der Waals surface area contributed by atoms with E-state index in [1.165, 1.54) is 122 Å². The van der Waals surface area contributed by atoms with Crippen LogP contribution in [-0.4, -0.2) is 29.6 Å². The van der Waals surface area contributed by atoms with Crippen LogP contribution in [0.2, 0.25) is 0 Å². The third-order valence-corrected chi connectivity index (χ3v) is 6.18. The molecule has 1 aliphatic rings. The van der Waals surface area contributed by atoms with Crippen molar-refractivity contribution in [3.8, 4) is 0 Å². The highest BCUT2D eigenvalue weighted by molar-refractivity contribution is 4.95. The first-order valence-electron chi connectivity index (χ1n) is 12.5. The van der Waals surface area contributed by atoms with Gasteiger partial charge in [0.1, 0.15) is 6.17 Å². The van der Waals surface area contributed by atoms with Crippen molar-refractivity contribution in [1.29, 1.82) is 0 Å². The van der Waals surface area contributed by atoms with Gasteiger partial charge in [0.25, 0.3) is 0 Å². The first-order chi connectivity index (χ1) is 13.3. The Kier molecular flexibility index (Phi) is 15.7. The summed E-state index contributed by atoms with van der Waals surface area (Å²) in [5.41, 5.74) is 0. The fourth-order valence-corrected chi connectivity index (χ4v) is 4.28. The maximum absolute atomic E-state index is 2.58. The van der Waals surface area contributed by atoms with Gasteiger partial charge in [-0.05, 0) is 19.3 Å². The second kappa shape index (κ2) is 17.4. The van der Waals surface area contributed by atoms with E-state index in [-0.39, 0.29) is 0 Å². The van der Waals surface area contributed by atoms with E-state index < -0.39 is 0 Å². The van der Waals surface area contributed by atoms with Crippen LogP contribution in [0.3, 0.4) is 0 Å². The van der Waals surface area contributed by atoms with Crippen LogP contribution in [0.25, 0.3) is 0 Å². The van der Waals surface area contributed by atoms with E-state index in [0.717, 1.165) is 0 Å². The lowest BCUT2D eigenvalue weighted by atomic mass is 10.0. The first kappa shape index (κ1) is 24.4. The number of rotatable bonds is 19. The average Bonchev–Trinajstić information content (AvgIpc) is 3.02. The van der Waals surface area contributed by atoms with Crippen LogP contribution in [0.5, 0.6) is 0 Å². The number of nitrogens with zero attached hydrogens (tertiary/aromatic N) is 2. The average molecular weight is 379 g/mol. The molecular weight excluding hydrogens is 328 g/mol. The van der Waals surface area contributed by atoms with Crippen LogP contribution < -0.4 is 0 Å². The molecule has 1 unspecified atom stereocenters. The Morgan fingerprint density at radius 3 is 1.52 bits per heavy atom. The van der Waals surface area contributed by atoms with Gasteiger partial charge in [0.05, 0.1) is 0 Å². The monoisotopic (exact) mass is 378 g/mol. The van der Waals surface area contributed by atoms with Crippen molar-refractivity contribution in [3.63, 3.8) is 0 Å². The van der Waals surface area contributed by atoms with Gasteiger partial charge in [-0.15, -0.1) is 0 Å². The van der Waals surface area contributed by atoms with E-state index >= 15 is 0 Å². The normalized spacial score (nSPS) is 16.6. The van der Waals surface area contributed by atoms with Gasteiger partial charge in [-0.3, -0.25) is 0 Å². The van der Waals surface area contributed by atoms with Crippen LogP contribution in [0.4, 0.5) is 0 Å². The molecule has 0 saturated heterocycles. The van der Waals surface area contributed by atoms with Gasteiger partial charge in [-0.2, -0.15) is 0 Å². The molecule has 2 nitrogen and oxygen atoms in total. The summed E-state index contributed by atoms with van der Waals surface area (Å²) in [4.78, 5) is 4.98. The molecule has 0 fully saturated rings. The van der Waals surface area contributed by atoms with Crippen LogP contribution in [0.15, 0.2) is 12.4 Å². The standard InChI is InChI=1S/C25H50N2/c1-4-6-8-9-10-11-12-13-14-15-16-17-18-20-22-27-24-23-26(3)25(27)21-19-7-5-2/h23-25H,4-22H2,1-3H3. The summed E-state index contributed by atoms with van der Waals surface area (Å²) >= 11 is 0. The highest BCUT2D eigenvalue weighted by atomic mass is 15.4. The number of hydrogen-bond acceptors (Lipinski definition) is 2. The Bertz CT molecular complexity index is 339. The zero-order valence-electron chi connectivity index (χ0n) is 19.1. The molecule has 0 radical (unpaired) electrons. The third-order valence-electron chi connectivity index (χ3n) is 6.18. The Labute approximate surface area is 171 Å². The first-order valence-corrected chi connectivity index (χ1v) is 12.5. The van der Waals surface area contributed by atoms with E-state index in [1.54, 1.807) is 0 Å². The second-order valence-corrected chi connectivity index (χ2v) is 8.77. The van der Waals surface area contributed by atoms with Crippen molar-refractivity contribution >= 4 is 0 Å². The summed E-state index contributed by atoms with van der Waals surface area (Å²) in [6.45, 7) is 5.84. The second-order valence-electron chi connectivity index (χ2n) is 8.77. The quantitative estimate of drug-likeness (QED) is 0.209. The fraction of sp³-hybridized carbons (Fsp3) is 0.920. The summed E-state index contributed by atoms with van der Waals surface area (Å²) in [7, 11) is 2.23. The molecule has 0 aromatic carbocycles. The van der Waals surface area contributed by atoms with Crippen molar-refractivity contribution in [2.75, 3.05) is 13.6 Å². The molecule has 0 aromatic rings. The molecule has 0 saturated carbocycles. The predicted octanol–water partition coefficient (Wildman–Crippen LogP) is 8.09. The molecular formula is C25H50N2. The maximum atomic E-state index is 2.58. The zero-order valence-corrected chi connectivity index (χ0v) is 19.1. The molecule has 1 rings (SSSR count). The molecule has 160 valence electrons. The fourth-order valence-electron chi connectivity index (χ4n) is 4.28. The van der Waals surface area contributed by atoms with Crippen molar-refractivity contribution in [2.45, 2.75) is 136 Å². The molecule has 1 aliphatic heterocycles. The van der Waals surface area contributed by atoms with Crippen LogP contribution in [-0.2, 0) is 0 Å². The van der Waals surface area contributed by atoms with Gasteiger partial charge >= 0.3 is 0 Å². The highest BCUT2D eigenvalue weighted by Gasteiger charge is 2.22. The van der Waals surface area contributed by atoms with E-state index in [1.807, 2.05) is 0 Å². The maximum Gasteiger partial charge on any atom is 0.100 e. The van der Waals surface area contributed by atoms with Crippen molar-refractivity contribution < 1.29 is 0 Å². The van der Waals surface area contributed by atoms with Crippen molar-refractivity contribution in [2.24, 2.45) is 0 Å². The summed E-state index contributed by atoms with van der Waals surface area (Å²) < 4.78 is 0. The minimum absolute atomic E-state index is 0.624. The van der Waals surface area contributed by atoms with Crippen molar-refractivity contribution in [3.05, 3.63) is 12.4 Å². The van der Waals surface area contributed by atoms with Crippen LogP contribution in [0, 0.1) is 0 Å². The Morgan fingerprint density at radius 1 is 0.556 bits per heavy atom. The van der Waals surface area contributed by atoms with Gasteiger partial charge in [-0.25, -0.2) is 0 Å². The lowest BCUT2D eigenvalue weighted by Crippen LogP contribution is -2.36. The molecule has 0 aromatic heterocycles. The van der Waals surface area contributed by atoms with Gasteiger partial charge in [0.15, 0.2) is 0 Å². The Hall–Kier alpha value is -0.660. The smallest absolute Gasteiger partial charge is 0.100 e. The minimum atomic E-state index is 0.624. The molecule has 2 heteroatoms. The summed E-state index contributed by atoms with van der Waals surface area (Å²) in [5.74, 6) is 0. The van der Waals surface area contributed by atoms with Gasteiger partial charge in [-0.1, -0.05) is 110 Å². The van der Waals surface area contributed by atoms with E-state index in [2.05, 4.69) is 43.1 Å². The molecule has 1 heterocycles. The predicted molar refractivity (Wildman–Crippen MR) is 122 cm³/mol. The zero-order chi connectivity index (χ0) is 19.6. The minimum Gasteiger partial charge on any atom is -0.359 e. The molecule has 0 spiro atoms. The Balaban J connectivity index is 1.87. The lowest BCUT2D eigenvalue weighted by Gasteiger charge is -2.30. The van der Waals surface area contributed by atoms with Gasteiger partial charge in [0.2, 0.25) is 0 Å². The highest BCUT2D eigenvalue weighted by Crippen LogP contribution is 2.21. The molecule has 1 atom stereocenters. The lowest BCUT2D eigenvalue weighted by molar-refractivity contribution is 0.159. The van der Waals surface area contributed by atoms with Crippen LogP contribution >= 0.6 is 0 Å². The molecule has 0 bridgehead atoms. The third kappa shape index (κ3) is 12.4.